The van der Waals surface area contributed by atoms with Crippen LogP contribution >= 0.6 is 0 Å². The summed E-state index contributed by atoms with van der Waals surface area (Å²) in [5.41, 5.74) is 3.85. The van der Waals surface area contributed by atoms with Crippen LogP contribution < -0.4 is 5.32 Å². The molecule has 122 valence electrons. The van der Waals surface area contributed by atoms with Gasteiger partial charge in [0.05, 0.1) is 6.10 Å². The topological polar surface area (TPSA) is 38.3 Å². The van der Waals surface area contributed by atoms with E-state index in [4.69, 9.17) is 4.74 Å². The zero-order valence-corrected chi connectivity index (χ0v) is 14.0. The lowest BCUT2D eigenvalue weighted by Crippen LogP contribution is -2.24. The summed E-state index contributed by atoms with van der Waals surface area (Å²) in [6.45, 7) is 5.95. The van der Waals surface area contributed by atoms with Gasteiger partial charge >= 0.3 is 0 Å². The van der Waals surface area contributed by atoms with Gasteiger partial charge in [-0.25, -0.2) is 0 Å². The Hall–Kier alpha value is -1.35. The number of rotatable bonds is 8. The predicted molar refractivity (Wildman–Crippen MR) is 90.1 cm³/mol. The highest BCUT2D eigenvalue weighted by atomic mass is 16.5. The van der Waals surface area contributed by atoms with Gasteiger partial charge in [0, 0.05) is 19.6 Å². The molecule has 0 radical (unpaired) electrons. The van der Waals surface area contributed by atoms with Crippen LogP contribution in [0.15, 0.2) is 18.2 Å². The summed E-state index contributed by atoms with van der Waals surface area (Å²) >= 11 is 0. The molecule has 0 aliphatic carbocycles. The highest BCUT2D eigenvalue weighted by molar-refractivity contribution is 5.76. The van der Waals surface area contributed by atoms with Crippen LogP contribution in [0.5, 0.6) is 0 Å². The molecule has 1 aromatic rings. The SMILES string of the molecule is Cc1ccc(CCC(=O)NCCCC[C@H]2CCCO2)cc1C. The lowest BCUT2D eigenvalue weighted by Gasteiger charge is -2.09. The molecule has 3 heteroatoms. The van der Waals surface area contributed by atoms with Crippen molar-refractivity contribution in [3.05, 3.63) is 34.9 Å². The van der Waals surface area contributed by atoms with E-state index >= 15 is 0 Å². The normalized spacial score (nSPS) is 17.6. The molecular formula is C19H29NO2. The van der Waals surface area contributed by atoms with E-state index in [2.05, 4.69) is 37.4 Å². The Morgan fingerprint density at radius 1 is 1.27 bits per heavy atom. The molecule has 0 spiro atoms. The van der Waals surface area contributed by atoms with E-state index in [1.54, 1.807) is 0 Å². The van der Waals surface area contributed by atoms with Crippen LogP contribution in [-0.2, 0) is 16.0 Å². The second kappa shape index (κ2) is 8.94. The minimum Gasteiger partial charge on any atom is -0.378 e. The van der Waals surface area contributed by atoms with Crippen molar-refractivity contribution >= 4 is 5.91 Å². The molecule has 1 aliphatic heterocycles. The molecule has 1 aromatic carbocycles. The van der Waals surface area contributed by atoms with Crippen molar-refractivity contribution in [3.8, 4) is 0 Å². The zero-order chi connectivity index (χ0) is 15.8. The summed E-state index contributed by atoms with van der Waals surface area (Å²) in [5.74, 6) is 0.162. The van der Waals surface area contributed by atoms with E-state index in [0.29, 0.717) is 12.5 Å². The molecule has 0 aromatic heterocycles. The largest absolute Gasteiger partial charge is 0.378 e. The third-order valence-corrected chi connectivity index (χ3v) is 4.51. The van der Waals surface area contributed by atoms with Gasteiger partial charge in [0.2, 0.25) is 5.91 Å². The number of benzene rings is 1. The van der Waals surface area contributed by atoms with Gasteiger partial charge in [0.15, 0.2) is 0 Å². The van der Waals surface area contributed by atoms with E-state index in [1.165, 1.54) is 29.5 Å². The molecule has 1 heterocycles. The first-order valence-electron chi connectivity index (χ1n) is 8.59. The van der Waals surface area contributed by atoms with Crippen molar-refractivity contribution in [1.29, 1.82) is 0 Å². The fourth-order valence-electron chi connectivity index (χ4n) is 2.90. The minimum atomic E-state index is 0.162. The molecule has 1 fully saturated rings. The fourth-order valence-corrected chi connectivity index (χ4v) is 2.90. The van der Waals surface area contributed by atoms with E-state index in [9.17, 15) is 4.79 Å². The molecule has 1 N–H and O–H groups in total. The smallest absolute Gasteiger partial charge is 0.220 e. The van der Waals surface area contributed by atoms with Crippen molar-refractivity contribution < 1.29 is 9.53 Å². The maximum Gasteiger partial charge on any atom is 0.220 e. The predicted octanol–water partition coefficient (Wildman–Crippen LogP) is 3.70. The van der Waals surface area contributed by atoms with Crippen molar-refractivity contribution in [2.24, 2.45) is 0 Å². The molecule has 2 rings (SSSR count). The Labute approximate surface area is 134 Å². The lowest BCUT2D eigenvalue weighted by atomic mass is 10.0. The molecule has 0 saturated carbocycles. The Balaban J connectivity index is 1.54. The summed E-state index contributed by atoms with van der Waals surface area (Å²) < 4.78 is 5.60. The quantitative estimate of drug-likeness (QED) is 0.744. The van der Waals surface area contributed by atoms with Gasteiger partial charge in [-0.2, -0.15) is 0 Å². The van der Waals surface area contributed by atoms with Crippen LogP contribution in [0.4, 0.5) is 0 Å². The van der Waals surface area contributed by atoms with Crippen molar-refractivity contribution in [2.45, 2.75) is 64.9 Å². The molecule has 1 amide bonds. The number of ether oxygens (including phenoxy) is 1. The number of nitrogens with one attached hydrogen (secondary N) is 1. The van der Waals surface area contributed by atoms with E-state index in [-0.39, 0.29) is 5.91 Å². The monoisotopic (exact) mass is 303 g/mol. The molecule has 3 nitrogen and oxygen atoms in total. The number of amides is 1. The Morgan fingerprint density at radius 3 is 2.86 bits per heavy atom. The average molecular weight is 303 g/mol. The van der Waals surface area contributed by atoms with E-state index < -0.39 is 0 Å². The average Bonchev–Trinajstić information content (AvgIpc) is 3.01. The van der Waals surface area contributed by atoms with E-state index in [0.717, 1.165) is 38.8 Å². The van der Waals surface area contributed by atoms with Gasteiger partial charge in [0.1, 0.15) is 0 Å². The molecular weight excluding hydrogens is 274 g/mol. The van der Waals surface area contributed by atoms with Gasteiger partial charge in [-0.05, 0) is 69.1 Å². The number of hydrogen-bond donors (Lipinski definition) is 1. The molecule has 1 aliphatic rings. The van der Waals surface area contributed by atoms with Crippen LogP contribution in [0.25, 0.3) is 0 Å². The molecule has 22 heavy (non-hydrogen) atoms. The van der Waals surface area contributed by atoms with E-state index in [1.807, 2.05) is 0 Å². The van der Waals surface area contributed by atoms with Gasteiger partial charge in [-0.15, -0.1) is 0 Å². The standard InChI is InChI=1S/C19H29NO2/c1-15-8-9-17(14-16(15)2)10-11-19(21)20-12-4-3-6-18-7-5-13-22-18/h8-9,14,18H,3-7,10-13H2,1-2H3,(H,20,21)/t18-/m0/s1. The highest BCUT2D eigenvalue weighted by Crippen LogP contribution is 2.17. The van der Waals surface area contributed by atoms with Crippen molar-refractivity contribution in [2.75, 3.05) is 13.2 Å². The first-order valence-corrected chi connectivity index (χ1v) is 8.59. The summed E-state index contributed by atoms with van der Waals surface area (Å²) in [4.78, 5) is 11.9. The Morgan fingerprint density at radius 2 is 2.14 bits per heavy atom. The van der Waals surface area contributed by atoms with Crippen molar-refractivity contribution in [1.82, 2.24) is 5.32 Å². The van der Waals surface area contributed by atoms with Crippen LogP contribution in [0, 0.1) is 13.8 Å². The number of hydrogen-bond acceptors (Lipinski definition) is 2. The summed E-state index contributed by atoms with van der Waals surface area (Å²) in [6.07, 6.45) is 7.62. The van der Waals surface area contributed by atoms with Gasteiger partial charge in [0.25, 0.3) is 0 Å². The lowest BCUT2D eigenvalue weighted by molar-refractivity contribution is -0.121. The highest BCUT2D eigenvalue weighted by Gasteiger charge is 2.14. The van der Waals surface area contributed by atoms with Crippen LogP contribution in [0.3, 0.4) is 0 Å². The maximum atomic E-state index is 11.9. The Bertz CT molecular complexity index is 478. The van der Waals surface area contributed by atoms with Gasteiger partial charge in [-0.1, -0.05) is 18.2 Å². The third kappa shape index (κ3) is 5.80. The second-order valence-electron chi connectivity index (χ2n) is 6.40. The zero-order valence-electron chi connectivity index (χ0n) is 14.0. The Kier molecular flexibility index (Phi) is 6.91. The van der Waals surface area contributed by atoms with Crippen molar-refractivity contribution in [3.63, 3.8) is 0 Å². The molecule has 0 bridgehead atoms. The van der Waals surface area contributed by atoms with Gasteiger partial charge in [-0.3, -0.25) is 4.79 Å². The summed E-state index contributed by atoms with van der Waals surface area (Å²) in [5, 5.41) is 3.02. The van der Waals surface area contributed by atoms with Gasteiger partial charge < -0.3 is 10.1 Å². The number of unbranched alkanes of at least 4 members (excludes halogenated alkanes) is 1. The number of aryl methyl sites for hydroxylation is 3. The minimum absolute atomic E-state index is 0.162. The number of carbonyl (C=O) groups is 1. The maximum absolute atomic E-state index is 11.9. The first-order chi connectivity index (χ1) is 10.6. The van der Waals surface area contributed by atoms with Crippen LogP contribution in [0.1, 0.15) is 55.2 Å². The molecule has 0 unspecified atom stereocenters. The third-order valence-electron chi connectivity index (χ3n) is 4.51. The summed E-state index contributed by atoms with van der Waals surface area (Å²) in [7, 11) is 0. The molecule has 1 atom stereocenters. The molecule has 1 saturated heterocycles. The fraction of sp³-hybridized carbons (Fsp3) is 0.632. The first kappa shape index (κ1) is 17.0. The van der Waals surface area contributed by atoms with Crippen LogP contribution in [-0.4, -0.2) is 25.2 Å². The van der Waals surface area contributed by atoms with Crippen LogP contribution in [0.2, 0.25) is 0 Å². The second-order valence-corrected chi connectivity index (χ2v) is 6.40. The summed E-state index contributed by atoms with van der Waals surface area (Å²) in [6, 6.07) is 6.44. The number of carbonyl (C=O) groups excluding carboxylic acids is 1.